The van der Waals surface area contributed by atoms with Gasteiger partial charge in [0.25, 0.3) is 0 Å². The van der Waals surface area contributed by atoms with E-state index in [1.807, 2.05) is 0 Å². The van der Waals surface area contributed by atoms with Gasteiger partial charge >= 0.3 is 0 Å². The first kappa shape index (κ1) is 11.9. The molecule has 1 N–H and O–H groups in total. The van der Waals surface area contributed by atoms with Gasteiger partial charge in [0.2, 0.25) is 0 Å². The topological polar surface area (TPSA) is 45.5 Å². The monoisotopic (exact) mass is 266 g/mol. The molecule has 0 amide bonds. The highest BCUT2D eigenvalue weighted by Gasteiger charge is 2.11. The number of hydrogen-bond acceptors (Lipinski definition) is 3. The minimum absolute atomic E-state index is 0.383. The van der Waals surface area contributed by atoms with Crippen LogP contribution in [-0.2, 0) is 0 Å². The molecule has 0 saturated heterocycles. The number of halogens is 2. The van der Waals surface area contributed by atoms with Crippen LogP contribution in [0.3, 0.4) is 0 Å². The maximum atomic E-state index is 9.10. The Balaban J connectivity index is 2.51. The molecule has 0 aliphatic heterocycles. The summed E-state index contributed by atoms with van der Waals surface area (Å²) in [6, 6.07) is 8.47. The molecule has 2 aromatic rings. The largest absolute Gasteiger partial charge is 0.410 e. The number of aromatic nitrogens is 1. The van der Waals surface area contributed by atoms with Crippen LogP contribution in [0, 0.1) is 0 Å². The minimum Gasteiger partial charge on any atom is -0.410 e. The lowest BCUT2D eigenvalue weighted by atomic mass is 10.0. The number of benzene rings is 1. The highest BCUT2D eigenvalue weighted by Crippen LogP contribution is 2.23. The van der Waals surface area contributed by atoms with Gasteiger partial charge in [0, 0.05) is 28.5 Å². The second kappa shape index (κ2) is 5.17. The van der Waals surface area contributed by atoms with Crippen molar-refractivity contribution in [2.24, 2.45) is 5.16 Å². The summed E-state index contributed by atoms with van der Waals surface area (Å²) in [5.41, 5.74) is 1.73. The summed E-state index contributed by atoms with van der Waals surface area (Å²) < 4.78 is 0. The number of pyridine rings is 1. The van der Waals surface area contributed by atoms with Crippen LogP contribution >= 0.6 is 23.2 Å². The van der Waals surface area contributed by atoms with Crippen LogP contribution in [0.2, 0.25) is 10.0 Å². The molecule has 0 bridgehead atoms. The van der Waals surface area contributed by atoms with Crippen molar-refractivity contribution in [1.82, 2.24) is 4.98 Å². The Morgan fingerprint density at radius 2 is 1.82 bits per heavy atom. The summed E-state index contributed by atoms with van der Waals surface area (Å²) >= 11 is 11.9. The number of nitrogens with zero attached hydrogens (tertiary/aromatic N) is 2. The molecule has 0 aliphatic carbocycles. The van der Waals surface area contributed by atoms with Gasteiger partial charge in [0.15, 0.2) is 0 Å². The van der Waals surface area contributed by atoms with E-state index in [0.717, 1.165) is 5.56 Å². The normalized spacial score (nSPS) is 11.5. The maximum absolute atomic E-state index is 9.10. The van der Waals surface area contributed by atoms with Gasteiger partial charge in [-0.2, -0.15) is 0 Å². The van der Waals surface area contributed by atoms with Crippen LogP contribution in [-0.4, -0.2) is 15.9 Å². The highest BCUT2D eigenvalue weighted by atomic mass is 35.5. The average Bonchev–Trinajstić information content (AvgIpc) is 2.34. The van der Waals surface area contributed by atoms with Crippen molar-refractivity contribution in [3.05, 3.63) is 63.9 Å². The first-order valence-corrected chi connectivity index (χ1v) is 5.56. The minimum atomic E-state index is 0.383. The third-order valence-electron chi connectivity index (χ3n) is 2.24. The zero-order valence-electron chi connectivity index (χ0n) is 8.64. The summed E-state index contributed by atoms with van der Waals surface area (Å²) in [6.45, 7) is 0. The fourth-order valence-electron chi connectivity index (χ4n) is 1.46. The van der Waals surface area contributed by atoms with Crippen molar-refractivity contribution in [3.63, 3.8) is 0 Å². The summed E-state index contributed by atoms with van der Waals surface area (Å²) in [6.07, 6.45) is 3.23. The molecule has 0 aliphatic rings. The number of rotatable bonds is 2. The van der Waals surface area contributed by atoms with Gasteiger partial charge in [-0.3, -0.25) is 4.98 Å². The van der Waals surface area contributed by atoms with Crippen LogP contribution in [0.15, 0.2) is 47.9 Å². The second-order valence-electron chi connectivity index (χ2n) is 3.31. The van der Waals surface area contributed by atoms with Crippen molar-refractivity contribution in [2.75, 3.05) is 0 Å². The van der Waals surface area contributed by atoms with Gasteiger partial charge in [0.05, 0.1) is 5.02 Å². The molecule has 0 radical (unpaired) electrons. The molecule has 5 heteroatoms. The van der Waals surface area contributed by atoms with Crippen molar-refractivity contribution < 1.29 is 5.21 Å². The molecule has 1 aromatic carbocycles. The molecule has 1 aromatic heterocycles. The van der Waals surface area contributed by atoms with Crippen molar-refractivity contribution in [3.8, 4) is 0 Å². The van der Waals surface area contributed by atoms with Gasteiger partial charge in [0.1, 0.15) is 5.71 Å². The Morgan fingerprint density at radius 1 is 1.12 bits per heavy atom. The Hall–Kier alpha value is -1.58. The molecule has 86 valence electrons. The predicted molar refractivity (Wildman–Crippen MR) is 68.1 cm³/mol. The molecule has 3 nitrogen and oxygen atoms in total. The predicted octanol–water partition coefficient (Wildman–Crippen LogP) is 3.62. The van der Waals surface area contributed by atoms with E-state index in [9.17, 15) is 0 Å². The first-order valence-electron chi connectivity index (χ1n) is 4.80. The van der Waals surface area contributed by atoms with E-state index >= 15 is 0 Å². The van der Waals surface area contributed by atoms with E-state index in [2.05, 4.69) is 10.1 Å². The van der Waals surface area contributed by atoms with E-state index in [1.54, 1.807) is 42.7 Å². The maximum Gasteiger partial charge on any atom is 0.118 e. The molecular weight excluding hydrogens is 259 g/mol. The molecule has 0 saturated carbocycles. The van der Waals surface area contributed by atoms with E-state index < -0.39 is 0 Å². The Bertz CT molecular complexity index is 556. The van der Waals surface area contributed by atoms with Gasteiger partial charge < -0.3 is 5.21 Å². The lowest BCUT2D eigenvalue weighted by molar-refractivity contribution is 0.319. The highest BCUT2D eigenvalue weighted by molar-refractivity contribution is 6.37. The van der Waals surface area contributed by atoms with Gasteiger partial charge in [-0.05, 0) is 30.3 Å². The summed E-state index contributed by atoms with van der Waals surface area (Å²) in [7, 11) is 0. The van der Waals surface area contributed by atoms with Crippen LogP contribution in [0.4, 0.5) is 0 Å². The number of oxime groups is 1. The standard InChI is InChI=1S/C12H8Cl2N2O/c13-9-1-2-10(11(14)7-9)12(16-17)8-3-5-15-6-4-8/h1-7,17H/b16-12-. The molecule has 0 atom stereocenters. The first-order chi connectivity index (χ1) is 8.22. The number of hydrogen-bond donors (Lipinski definition) is 1. The second-order valence-corrected chi connectivity index (χ2v) is 4.15. The van der Waals surface area contributed by atoms with E-state index in [4.69, 9.17) is 28.4 Å². The smallest absolute Gasteiger partial charge is 0.118 e. The van der Waals surface area contributed by atoms with E-state index in [0.29, 0.717) is 21.3 Å². The van der Waals surface area contributed by atoms with Gasteiger partial charge in [-0.25, -0.2) is 0 Å². The average molecular weight is 267 g/mol. The van der Waals surface area contributed by atoms with Crippen LogP contribution in [0.1, 0.15) is 11.1 Å². The zero-order chi connectivity index (χ0) is 12.3. The molecule has 1 heterocycles. The van der Waals surface area contributed by atoms with Gasteiger partial charge in [-0.15, -0.1) is 0 Å². The molecule has 17 heavy (non-hydrogen) atoms. The van der Waals surface area contributed by atoms with Crippen LogP contribution < -0.4 is 0 Å². The molecule has 0 fully saturated rings. The van der Waals surface area contributed by atoms with Crippen molar-refractivity contribution in [1.29, 1.82) is 0 Å². The molecular formula is C12H8Cl2N2O. The SMILES string of the molecule is O/N=C(/c1ccncc1)c1ccc(Cl)cc1Cl. The van der Waals surface area contributed by atoms with Crippen molar-refractivity contribution in [2.45, 2.75) is 0 Å². The third kappa shape index (κ3) is 2.57. The summed E-state index contributed by atoms with van der Waals surface area (Å²) in [5, 5.41) is 13.3. The van der Waals surface area contributed by atoms with Crippen molar-refractivity contribution >= 4 is 28.9 Å². The molecule has 0 unspecified atom stereocenters. The zero-order valence-corrected chi connectivity index (χ0v) is 10.2. The summed E-state index contributed by atoms with van der Waals surface area (Å²) in [4.78, 5) is 3.90. The molecule has 2 rings (SSSR count). The van der Waals surface area contributed by atoms with Crippen LogP contribution in [0.5, 0.6) is 0 Å². The Labute approximate surface area is 108 Å². The fourth-order valence-corrected chi connectivity index (χ4v) is 1.96. The lowest BCUT2D eigenvalue weighted by Crippen LogP contribution is -2.04. The Morgan fingerprint density at radius 3 is 2.41 bits per heavy atom. The van der Waals surface area contributed by atoms with E-state index in [1.165, 1.54) is 0 Å². The van der Waals surface area contributed by atoms with Gasteiger partial charge in [-0.1, -0.05) is 28.4 Å². The lowest BCUT2D eigenvalue weighted by Gasteiger charge is -2.06. The fraction of sp³-hybridized carbons (Fsp3) is 0. The molecule has 0 spiro atoms. The summed E-state index contributed by atoms with van der Waals surface area (Å²) in [5.74, 6) is 0. The quantitative estimate of drug-likeness (QED) is 0.513. The van der Waals surface area contributed by atoms with E-state index in [-0.39, 0.29) is 0 Å². The third-order valence-corrected chi connectivity index (χ3v) is 2.79. The Kier molecular flexibility index (Phi) is 3.61. The van der Waals surface area contributed by atoms with Crippen LogP contribution in [0.25, 0.3) is 0 Å².